The molecule has 0 aliphatic heterocycles. The summed E-state index contributed by atoms with van der Waals surface area (Å²) in [5.41, 5.74) is 1.10. The Hall–Kier alpha value is -0.770. The van der Waals surface area contributed by atoms with Crippen LogP contribution in [-0.4, -0.2) is 12.8 Å². The molecule has 1 nitrogen and oxygen atoms in total. The molecular weight excluding hydrogens is 98.1 g/mol. The van der Waals surface area contributed by atoms with Crippen LogP contribution in [0, 0.1) is 11.8 Å². The van der Waals surface area contributed by atoms with Gasteiger partial charge in [-0.25, -0.2) is 0 Å². The molecule has 8 heavy (non-hydrogen) atoms. The molecule has 0 spiro atoms. The molecule has 0 atom stereocenters. The maximum atomic E-state index is 3.94. The van der Waals surface area contributed by atoms with Crippen LogP contribution in [0.3, 0.4) is 0 Å². The summed E-state index contributed by atoms with van der Waals surface area (Å²) in [4.78, 5) is 3.94. The lowest BCUT2D eigenvalue weighted by Gasteiger charge is -1.84. The van der Waals surface area contributed by atoms with Gasteiger partial charge in [-0.1, -0.05) is 5.92 Å². The van der Waals surface area contributed by atoms with Crippen molar-refractivity contribution in [2.75, 3.05) is 7.05 Å². The lowest BCUT2D eigenvalue weighted by molar-refractivity contribution is 1.36. The molecule has 0 heterocycles. The first-order valence-corrected chi connectivity index (χ1v) is 2.63. The third-order valence-electron chi connectivity index (χ3n) is 0.903. The molecule has 0 unspecified atom stereocenters. The fourth-order valence-electron chi connectivity index (χ4n) is 0.295. The van der Waals surface area contributed by atoms with Crippen LogP contribution in [0.5, 0.6) is 0 Å². The second-order valence-electron chi connectivity index (χ2n) is 1.56. The van der Waals surface area contributed by atoms with Gasteiger partial charge in [0.15, 0.2) is 0 Å². The van der Waals surface area contributed by atoms with Gasteiger partial charge in [-0.15, -0.1) is 5.92 Å². The highest BCUT2D eigenvalue weighted by Gasteiger charge is 1.79. The van der Waals surface area contributed by atoms with Gasteiger partial charge in [-0.2, -0.15) is 0 Å². The Morgan fingerprint density at radius 3 is 2.62 bits per heavy atom. The maximum absolute atomic E-state index is 3.94. The van der Waals surface area contributed by atoms with E-state index in [0.29, 0.717) is 0 Å². The van der Waals surface area contributed by atoms with Gasteiger partial charge in [-0.3, -0.25) is 4.99 Å². The Morgan fingerprint density at radius 1 is 1.62 bits per heavy atom. The van der Waals surface area contributed by atoms with Gasteiger partial charge in [0, 0.05) is 19.2 Å². The highest BCUT2D eigenvalue weighted by Crippen LogP contribution is 1.80. The summed E-state index contributed by atoms with van der Waals surface area (Å²) in [6.45, 7) is 3.81. The minimum atomic E-state index is 0.812. The van der Waals surface area contributed by atoms with Crippen molar-refractivity contribution in [1.29, 1.82) is 0 Å². The summed E-state index contributed by atoms with van der Waals surface area (Å²) in [5.74, 6) is 5.72. The molecule has 1 heteroatoms. The normalized spacial score (nSPS) is 10.1. The van der Waals surface area contributed by atoms with Crippen LogP contribution in [0.1, 0.15) is 20.3 Å². The van der Waals surface area contributed by atoms with Crippen molar-refractivity contribution in [3.63, 3.8) is 0 Å². The molecule has 0 aromatic rings. The lowest BCUT2D eigenvalue weighted by atomic mass is 10.3. The van der Waals surface area contributed by atoms with E-state index in [-0.39, 0.29) is 0 Å². The Labute approximate surface area is 50.8 Å². The first kappa shape index (κ1) is 7.23. The van der Waals surface area contributed by atoms with Crippen LogP contribution in [0.2, 0.25) is 0 Å². The quantitative estimate of drug-likeness (QED) is 0.357. The summed E-state index contributed by atoms with van der Waals surface area (Å²) in [7, 11) is 1.78. The minimum absolute atomic E-state index is 0.812. The average molecular weight is 109 g/mol. The van der Waals surface area contributed by atoms with Crippen LogP contribution < -0.4 is 0 Å². The monoisotopic (exact) mass is 109 g/mol. The fourth-order valence-corrected chi connectivity index (χ4v) is 0.295. The second kappa shape index (κ2) is 4.39. The molecule has 0 N–H and O–H groups in total. The van der Waals surface area contributed by atoms with Crippen molar-refractivity contribution in [1.82, 2.24) is 0 Å². The standard InChI is InChI=1S/C7H11N/c1-4-5-6-7(2)8-3/h6H2,1-3H3. The van der Waals surface area contributed by atoms with Crippen molar-refractivity contribution >= 4 is 5.71 Å². The molecule has 0 saturated heterocycles. The van der Waals surface area contributed by atoms with Crippen molar-refractivity contribution in [2.24, 2.45) is 4.99 Å². The van der Waals surface area contributed by atoms with Crippen molar-refractivity contribution in [2.45, 2.75) is 20.3 Å². The number of aliphatic imine (C=N–C) groups is 1. The van der Waals surface area contributed by atoms with Crippen LogP contribution in [0.25, 0.3) is 0 Å². The third-order valence-corrected chi connectivity index (χ3v) is 0.903. The molecule has 0 aliphatic carbocycles. The van der Waals surface area contributed by atoms with Crippen molar-refractivity contribution in [3.05, 3.63) is 0 Å². The van der Waals surface area contributed by atoms with Crippen LogP contribution >= 0.6 is 0 Å². The van der Waals surface area contributed by atoms with Crippen LogP contribution in [0.15, 0.2) is 4.99 Å². The predicted molar refractivity (Wildman–Crippen MR) is 37.1 cm³/mol. The number of hydrogen-bond acceptors (Lipinski definition) is 1. The van der Waals surface area contributed by atoms with Gasteiger partial charge < -0.3 is 0 Å². The van der Waals surface area contributed by atoms with Gasteiger partial charge in [-0.05, 0) is 13.8 Å². The predicted octanol–water partition coefficient (Wildman–Crippen LogP) is 1.49. The Kier molecular flexibility index (Phi) is 3.97. The van der Waals surface area contributed by atoms with E-state index >= 15 is 0 Å². The number of nitrogens with zero attached hydrogens (tertiary/aromatic N) is 1. The number of hydrogen-bond donors (Lipinski definition) is 0. The molecule has 0 rings (SSSR count). The van der Waals surface area contributed by atoms with E-state index in [4.69, 9.17) is 0 Å². The van der Waals surface area contributed by atoms with Gasteiger partial charge in [0.1, 0.15) is 0 Å². The zero-order chi connectivity index (χ0) is 6.41. The van der Waals surface area contributed by atoms with Crippen LogP contribution in [0.4, 0.5) is 0 Å². The van der Waals surface area contributed by atoms with E-state index in [2.05, 4.69) is 16.8 Å². The lowest BCUT2D eigenvalue weighted by Crippen LogP contribution is -1.85. The first-order chi connectivity index (χ1) is 3.81. The summed E-state index contributed by atoms with van der Waals surface area (Å²) >= 11 is 0. The van der Waals surface area contributed by atoms with E-state index in [0.717, 1.165) is 12.1 Å². The zero-order valence-corrected chi connectivity index (χ0v) is 5.65. The summed E-state index contributed by atoms with van der Waals surface area (Å²) in [6, 6.07) is 0. The zero-order valence-electron chi connectivity index (χ0n) is 5.65. The van der Waals surface area contributed by atoms with E-state index in [9.17, 15) is 0 Å². The molecule has 0 fully saturated rings. The van der Waals surface area contributed by atoms with Crippen molar-refractivity contribution < 1.29 is 0 Å². The van der Waals surface area contributed by atoms with Crippen molar-refractivity contribution in [3.8, 4) is 11.8 Å². The Bertz CT molecular complexity index is 134. The van der Waals surface area contributed by atoms with Crippen LogP contribution in [-0.2, 0) is 0 Å². The smallest absolute Gasteiger partial charge is 0.0467 e. The molecule has 0 aromatic heterocycles. The Morgan fingerprint density at radius 2 is 2.25 bits per heavy atom. The van der Waals surface area contributed by atoms with Gasteiger partial charge in [0.2, 0.25) is 0 Å². The molecule has 0 aromatic carbocycles. The molecular formula is C7H11N. The molecule has 0 aliphatic rings. The second-order valence-corrected chi connectivity index (χ2v) is 1.56. The Balaban J connectivity index is 3.51. The fraction of sp³-hybridized carbons (Fsp3) is 0.571. The third kappa shape index (κ3) is 3.42. The highest BCUT2D eigenvalue weighted by atomic mass is 14.7. The van der Waals surface area contributed by atoms with E-state index in [1.54, 1.807) is 7.05 Å². The average Bonchev–Trinajstić information content (AvgIpc) is 1.83. The summed E-state index contributed by atoms with van der Waals surface area (Å²) in [5, 5.41) is 0. The van der Waals surface area contributed by atoms with E-state index < -0.39 is 0 Å². The maximum Gasteiger partial charge on any atom is 0.0467 e. The molecule has 0 radical (unpaired) electrons. The summed E-state index contributed by atoms with van der Waals surface area (Å²) in [6.07, 6.45) is 0.812. The molecule has 0 bridgehead atoms. The summed E-state index contributed by atoms with van der Waals surface area (Å²) < 4.78 is 0. The van der Waals surface area contributed by atoms with Gasteiger partial charge in [0.05, 0.1) is 0 Å². The minimum Gasteiger partial charge on any atom is -0.297 e. The topological polar surface area (TPSA) is 12.4 Å². The van der Waals surface area contributed by atoms with E-state index in [1.165, 1.54) is 0 Å². The molecule has 0 amide bonds. The SMILES string of the molecule is CC#CCC(C)=NC. The van der Waals surface area contributed by atoms with Gasteiger partial charge >= 0.3 is 0 Å². The van der Waals surface area contributed by atoms with Gasteiger partial charge in [0.25, 0.3) is 0 Å². The largest absolute Gasteiger partial charge is 0.297 e. The molecule has 0 saturated carbocycles. The highest BCUT2D eigenvalue weighted by molar-refractivity contribution is 5.83. The number of rotatable bonds is 1. The van der Waals surface area contributed by atoms with E-state index in [1.807, 2.05) is 13.8 Å². The molecule has 44 valence electrons. The first-order valence-electron chi connectivity index (χ1n) is 2.63.